The molecule has 1 amide bonds. The number of carbonyl (C=O) groups excluding carboxylic acids is 1. The summed E-state index contributed by atoms with van der Waals surface area (Å²) in [5, 5.41) is 3.33. The minimum Gasteiger partial charge on any atom is -0.359 e. The van der Waals surface area contributed by atoms with Gasteiger partial charge in [0.25, 0.3) is 0 Å². The summed E-state index contributed by atoms with van der Waals surface area (Å²) in [5.74, 6) is 0.759. The van der Waals surface area contributed by atoms with Crippen molar-refractivity contribution in [2.45, 2.75) is 25.4 Å². The van der Waals surface area contributed by atoms with Gasteiger partial charge in [-0.1, -0.05) is 11.8 Å². The molecule has 0 atom stereocenters. The molecule has 15 heavy (non-hydrogen) atoms. The Kier molecular flexibility index (Phi) is 4.55. The van der Waals surface area contributed by atoms with Crippen LogP contribution in [0.3, 0.4) is 0 Å². The first-order valence-corrected chi connectivity index (χ1v) is 5.76. The van der Waals surface area contributed by atoms with E-state index in [9.17, 15) is 4.79 Å². The van der Waals surface area contributed by atoms with Gasteiger partial charge in [-0.25, -0.2) is 9.97 Å². The first kappa shape index (κ1) is 12.0. The second-order valence-corrected chi connectivity index (χ2v) is 4.27. The summed E-state index contributed by atoms with van der Waals surface area (Å²) in [7, 11) is 1.64. The Balaban J connectivity index is 2.47. The molecule has 0 aromatic carbocycles. The average Bonchev–Trinajstić information content (AvgIpc) is 2.16. The van der Waals surface area contributed by atoms with Crippen LogP contribution in [-0.2, 0) is 4.79 Å². The van der Waals surface area contributed by atoms with Crippen LogP contribution < -0.4 is 5.32 Å². The van der Waals surface area contributed by atoms with E-state index in [1.807, 2.05) is 19.9 Å². The lowest BCUT2D eigenvalue weighted by Gasteiger charge is -2.02. The van der Waals surface area contributed by atoms with E-state index in [1.165, 1.54) is 11.8 Å². The van der Waals surface area contributed by atoms with Crippen LogP contribution in [0.1, 0.15) is 17.8 Å². The Hall–Kier alpha value is -1.10. The number of nitrogens with zero attached hydrogens (tertiary/aromatic N) is 2. The van der Waals surface area contributed by atoms with E-state index < -0.39 is 0 Å². The van der Waals surface area contributed by atoms with E-state index in [0.717, 1.165) is 16.5 Å². The molecule has 5 heteroatoms. The molecule has 82 valence electrons. The largest absolute Gasteiger partial charge is 0.359 e. The molecule has 0 bridgehead atoms. The first-order valence-electron chi connectivity index (χ1n) is 4.77. The molecule has 0 unspecified atom stereocenters. The van der Waals surface area contributed by atoms with Crippen molar-refractivity contribution < 1.29 is 4.79 Å². The van der Waals surface area contributed by atoms with Gasteiger partial charge < -0.3 is 5.32 Å². The summed E-state index contributed by atoms with van der Waals surface area (Å²) in [6.07, 6.45) is 0.498. The molecule has 0 saturated heterocycles. The Bertz CT molecular complexity index is 334. The summed E-state index contributed by atoms with van der Waals surface area (Å²) in [5.41, 5.74) is 1.93. The van der Waals surface area contributed by atoms with Crippen LogP contribution >= 0.6 is 11.8 Å². The lowest BCUT2D eigenvalue weighted by Crippen LogP contribution is -2.17. The van der Waals surface area contributed by atoms with Crippen molar-refractivity contribution >= 4 is 17.7 Å². The monoisotopic (exact) mass is 225 g/mol. The fraction of sp³-hybridized carbons (Fsp3) is 0.500. The topological polar surface area (TPSA) is 54.9 Å². The maximum Gasteiger partial charge on any atom is 0.220 e. The molecule has 1 rings (SSSR count). The molecule has 0 fully saturated rings. The van der Waals surface area contributed by atoms with Gasteiger partial charge in [0, 0.05) is 30.6 Å². The fourth-order valence-electron chi connectivity index (χ4n) is 1.12. The van der Waals surface area contributed by atoms with E-state index in [0.29, 0.717) is 12.2 Å². The van der Waals surface area contributed by atoms with Crippen LogP contribution in [0.15, 0.2) is 11.2 Å². The average molecular weight is 225 g/mol. The van der Waals surface area contributed by atoms with Crippen molar-refractivity contribution in [3.05, 3.63) is 17.5 Å². The Labute approximate surface area is 93.9 Å². The number of rotatable bonds is 4. The normalized spacial score (nSPS) is 10.1. The zero-order chi connectivity index (χ0) is 11.3. The molecule has 1 aromatic heterocycles. The molecule has 0 aliphatic rings. The van der Waals surface area contributed by atoms with Gasteiger partial charge in [0.05, 0.1) is 0 Å². The number of thioether (sulfide) groups is 1. The van der Waals surface area contributed by atoms with E-state index >= 15 is 0 Å². The van der Waals surface area contributed by atoms with Gasteiger partial charge in [-0.15, -0.1) is 0 Å². The highest BCUT2D eigenvalue weighted by Gasteiger charge is 2.02. The van der Waals surface area contributed by atoms with Crippen LogP contribution in [0.4, 0.5) is 0 Å². The molecule has 0 radical (unpaired) electrons. The number of hydrogen-bond acceptors (Lipinski definition) is 4. The minimum absolute atomic E-state index is 0.0480. The van der Waals surface area contributed by atoms with E-state index in [4.69, 9.17) is 0 Å². The lowest BCUT2D eigenvalue weighted by molar-refractivity contribution is -0.120. The Morgan fingerprint density at radius 2 is 2.00 bits per heavy atom. The molecule has 1 N–H and O–H groups in total. The van der Waals surface area contributed by atoms with Gasteiger partial charge >= 0.3 is 0 Å². The summed E-state index contributed by atoms with van der Waals surface area (Å²) in [6.45, 7) is 3.88. The quantitative estimate of drug-likeness (QED) is 0.620. The lowest BCUT2D eigenvalue weighted by atomic mass is 10.4. The van der Waals surface area contributed by atoms with Crippen LogP contribution in [0.2, 0.25) is 0 Å². The van der Waals surface area contributed by atoms with Gasteiger partial charge in [-0.2, -0.15) is 0 Å². The molecule has 0 aliphatic heterocycles. The van der Waals surface area contributed by atoms with Gasteiger partial charge in [-0.05, 0) is 19.9 Å². The van der Waals surface area contributed by atoms with Crippen molar-refractivity contribution in [1.82, 2.24) is 15.3 Å². The number of aromatic nitrogens is 2. The van der Waals surface area contributed by atoms with Crippen LogP contribution in [0.25, 0.3) is 0 Å². The summed E-state index contributed by atoms with van der Waals surface area (Å²) >= 11 is 1.51. The molecular weight excluding hydrogens is 210 g/mol. The van der Waals surface area contributed by atoms with E-state index in [2.05, 4.69) is 15.3 Å². The predicted octanol–water partition coefficient (Wildman–Crippen LogP) is 1.32. The van der Waals surface area contributed by atoms with Crippen molar-refractivity contribution in [3.8, 4) is 0 Å². The highest BCUT2D eigenvalue weighted by atomic mass is 32.2. The predicted molar refractivity (Wildman–Crippen MR) is 60.9 cm³/mol. The van der Waals surface area contributed by atoms with Crippen molar-refractivity contribution in [2.24, 2.45) is 0 Å². The zero-order valence-corrected chi connectivity index (χ0v) is 10.0. The van der Waals surface area contributed by atoms with Gasteiger partial charge in [0.2, 0.25) is 5.91 Å². The van der Waals surface area contributed by atoms with E-state index in [-0.39, 0.29) is 5.91 Å². The summed E-state index contributed by atoms with van der Waals surface area (Å²) < 4.78 is 0. The third-order valence-corrected chi connectivity index (χ3v) is 2.65. The molecule has 0 aliphatic carbocycles. The third kappa shape index (κ3) is 4.29. The highest BCUT2D eigenvalue weighted by Crippen LogP contribution is 2.14. The van der Waals surface area contributed by atoms with Crippen molar-refractivity contribution in [3.63, 3.8) is 0 Å². The molecule has 0 spiro atoms. The third-order valence-electron chi connectivity index (χ3n) is 1.80. The minimum atomic E-state index is 0.0480. The smallest absolute Gasteiger partial charge is 0.220 e. The first-order chi connectivity index (χ1) is 7.11. The molecule has 1 heterocycles. The number of aryl methyl sites for hydroxylation is 2. The van der Waals surface area contributed by atoms with Gasteiger partial charge in [-0.3, -0.25) is 4.79 Å². The number of carbonyl (C=O) groups is 1. The summed E-state index contributed by atoms with van der Waals surface area (Å²) in [6, 6.07) is 1.93. The Morgan fingerprint density at radius 1 is 1.40 bits per heavy atom. The van der Waals surface area contributed by atoms with Gasteiger partial charge in [0.15, 0.2) is 5.16 Å². The Morgan fingerprint density at radius 3 is 2.53 bits per heavy atom. The second-order valence-electron chi connectivity index (χ2n) is 3.20. The zero-order valence-electron chi connectivity index (χ0n) is 9.20. The summed E-state index contributed by atoms with van der Waals surface area (Å²) in [4.78, 5) is 19.5. The van der Waals surface area contributed by atoms with Gasteiger partial charge in [0.1, 0.15) is 0 Å². The van der Waals surface area contributed by atoms with Crippen LogP contribution in [0, 0.1) is 13.8 Å². The van der Waals surface area contributed by atoms with Crippen molar-refractivity contribution in [1.29, 1.82) is 0 Å². The SMILES string of the molecule is CNC(=O)CCSc1nc(C)cc(C)n1. The number of nitrogens with one attached hydrogen (secondary N) is 1. The van der Waals surface area contributed by atoms with E-state index in [1.54, 1.807) is 7.05 Å². The second kappa shape index (κ2) is 5.70. The molecular formula is C10H15N3OS. The number of amides is 1. The molecule has 0 saturated carbocycles. The highest BCUT2D eigenvalue weighted by molar-refractivity contribution is 7.99. The van der Waals surface area contributed by atoms with Crippen LogP contribution in [-0.4, -0.2) is 28.7 Å². The maximum absolute atomic E-state index is 11.0. The van der Waals surface area contributed by atoms with Crippen molar-refractivity contribution in [2.75, 3.05) is 12.8 Å². The van der Waals surface area contributed by atoms with Crippen LogP contribution in [0.5, 0.6) is 0 Å². The maximum atomic E-state index is 11.0. The molecule has 1 aromatic rings. The fourth-order valence-corrected chi connectivity index (χ4v) is 2.01. The standard InChI is InChI=1S/C10H15N3OS/c1-7-6-8(2)13-10(12-7)15-5-4-9(14)11-3/h6H,4-5H2,1-3H3,(H,11,14). The molecule has 4 nitrogen and oxygen atoms in total. The number of hydrogen-bond donors (Lipinski definition) is 1.